The van der Waals surface area contributed by atoms with Crippen molar-refractivity contribution in [2.45, 2.75) is 45.6 Å². The van der Waals surface area contributed by atoms with E-state index in [0.717, 1.165) is 89.7 Å². The predicted molar refractivity (Wildman–Crippen MR) is 162 cm³/mol. The normalized spacial score (nSPS) is 18.8. The molecular weight excluding hydrogens is 542 g/mol. The second-order valence-corrected chi connectivity index (χ2v) is 12.2. The number of piperidine rings is 1. The van der Waals surface area contributed by atoms with E-state index in [2.05, 4.69) is 50.1 Å². The molecule has 0 saturated carbocycles. The molecule has 0 atom stereocenters. The number of carbonyl (C=O) groups excluding carboxylic acids is 2. The van der Waals surface area contributed by atoms with Gasteiger partial charge in [-0.1, -0.05) is 11.3 Å². The second-order valence-electron chi connectivity index (χ2n) is 11.2. The minimum Gasteiger partial charge on any atom is -0.462 e. The number of hydrogen-bond donors (Lipinski definition) is 1. The lowest BCUT2D eigenvalue weighted by Gasteiger charge is -2.37. The van der Waals surface area contributed by atoms with Crippen LogP contribution in [0.3, 0.4) is 0 Å². The number of amides is 1. The zero-order chi connectivity index (χ0) is 28.9. The van der Waals surface area contributed by atoms with Crippen molar-refractivity contribution in [3.8, 4) is 0 Å². The highest BCUT2D eigenvalue weighted by atomic mass is 32.1. The molecule has 3 aliphatic rings. The summed E-state index contributed by atoms with van der Waals surface area (Å²) in [5.74, 6) is 2.09. The van der Waals surface area contributed by atoms with Crippen LogP contribution in [0.4, 0.5) is 22.7 Å². The molecule has 0 aliphatic carbocycles. The van der Waals surface area contributed by atoms with Gasteiger partial charge >= 0.3 is 5.97 Å². The maximum atomic E-state index is 12.7. The fourth-order valence-electron chi connectivity index (χ4n) is 5.74. The molecule has 0 unspecified atom stereocenters. The van der Waals surface area contributed by atoms with Gasteiger partial charge in [0.2, 0.25) is 11.9 Å². The van der Waals surface area contributed by atoms with Crippen molar-refractivity contribution in [1.82, 2.24) is 29.7 Å². The van der Waals surface area contributed by atoms with Crippen LogP contribution in [0.1, 0.15) is 48.0 Å². The number of ether oxygens (including phenoxy) is 1. The number of anilines is 4. The van der Waals surface area contributed by atoms with Crippen LogP contribution in [0, 0.1) is 6.92 Å². The van der Waals surface area contributed by atoms with Crippen molar-refractivity contribution >= 4 is 45.9 Å². The Morgan fingerprint density at radius 1 is 0.976 bits per heavy atom. The molecule has 2 aromatic rings. The summed E-state index contributed by atoms with van der Waals surface area (Å²) in [4.78, 5) is 51.0. The van der Waals surface area contributed by atoms with Crippen molar-refractivity contribution in [2.75, 3.05) is 94.7 Å². The summed E-state index contributed by atoms with van der Waals surface area (Å²) in [6, 6.07) is 2.66. The standard InChI is InChI=1S/C28H43N9O3S/c1-5-40-26(39)25-20(2)29-28(41-25)32-27-30-22(35-12-8-21(9-13-35)33(3)4)18-23(31-27)36-16-14-34(15-17-36)19-24(38)37-10-6-7-11-37/h18,21H,5-17,19H2,1-4H3,(H,29,30,31,32). The summed E-state index contributed by atoms with van der Waals surface area (Å²) in [5, 5.41) is 3.83. The number of rotatable bonds is 9. The quantitative estimate of drug-likeness (QED) is 0.438. The minimum atomic E-state index is -0.365. The van der Waals surface area contributed by atoms with Crippen LogP contribution in [0.2, 0.25) is 0 Å². The molecule has 0 radical (unpaired) electrons. The number of hydrogen-bond acceptors (Lipinski definition) is 12. The number of likely N-dealkylation sites (tertiary alicyclic amines) is 1. The van der Waals surface area contributed by atoms with Gasteiger partial charge < -0.3 is 24.3 Å². The number of aromatic nitrogens is 3. The van der Waals surface area contributed by atoms with Crippen molar-refractivity contribution < 1.29 is 14.3 Å². The summed E-state index contributed by atoms with van der Waals surface area (Å²) < 4.78 is 5.18. The Bertz CT molecular complexity index is 1200. The van der Waals surface area contributed by atoms with E-state index >= 15 is 0 Å². The number of nitrogens with zero attached hydrogens (tertiary/aromatic N) is 8. The highest BCUT2D eigenvalue weighted by Crippen LogP contribution is 2.29. The van der Waals surface area contributed by atoms with E-state index < -0.39 is 0 Å². The van der Waals surface area contributed by atoms with E-state index in [9.17, 15) is 9.59 Å². The van der Waals surface area contributed by atoms with Gasteiger partial charge in [0.15, 0.2) is 5.13 Å². The highest BCUT2D eigenvalue weighted by Gasteiger charge is 2.27. The van der Waals surface area contributed by atoms with Gasteiger partial charge in [-0.15, -0.1) is 0 Å². The zero-order valence-electron chi connectivity index (χ0n) is 24.8. The molecule has 12 nitrogen and oxygen atoms in total. The molecule has 3 aliphatic heterocycles. The van der Waals surface area contributed by atoms with Gasteiger partial charge in [-0.25, -0.2) is 9.78 Å². The molecular formula is C28H43N9O3S. The molecule has 13 heteroatoms. The van der Waals surface area contributed by atoms with E-state index in [1.165, 1.54) is 11.3 Å². The molecule has 2 aromatic heterocycles. The molecule has 41 heavy (non-hydrogen) atoms. The van der Waals surface area contributed by atoms with E-state index in [0.29, 0.717) is 40.8 Å². The van der Waals surface area contributed by atoms with Crippen molar-refractivity contribution in [2.24, 2.45) is 0 Å². The minimum absolute atomic E-state index is 0.244. The molecule has 3 saturated heterocycles. The van der Waals surface area contributed by atoms with Gasteiger partial charge in [-0.05, 0) is 53.6 Å². The first kappa shape index (κ1) is 29.5. The van der Waals surface area contributed by atoms with Crippen LogP contribution in [0.15, 0.2) is 6.07 Å². The van der Waals surface area contributed by atoms with Gasteiger partial charge in [0.05, 0.1) is 18.8 Å². The number of thiazole rings is 1. The molecule has 3 fully saturated rings. The Labute approximate surface area is 246 Å². The summed E-state index contributed by atoms with van der Waals surface area (Å²) in [6.45, 7) is 11.2. The summed E-state index contributed by atoms with van der Waals surface area (Å²) in [6.07, 6.45) is 4.38. The zero-order valence-corrected chi connectivity index (χ0v) is 25.6. The molecule has 224 valence electrons. The van der Waals surface area contributed by atoms with Crippen LogP contribution in [-0.2, 0) is 9.53 Å². The summed E-state index contributed by atoms with van der Waals surface area (Å²) >= 11 is 1.25. The predicted octanol–water partition coefficient (Wildman–Crippen LogP) is 2.44. The first-order valence-electron chi connectivity index (χ1n) is 14.8. The Kier molecular flexibility index (Phi) is 9.56. The van der Waals surface area contributed by atoms with Crippen LogP contribution in [-0.4, -0.2) is 127 Å². The van der Waals surface area contributed by atoms with Crippen LogP contribution in [0.25, 0.3) is 0 Å². The van der Waals surface area contributed by atoms with E-state index in [1.54, 1.807) is 13.8 Å². The fraction of sp³-hybridized carbons (Fsp3) is 0.679. The summed E-state index contributed by atoms with van der Waals surface area (Å²) in [7, 11) is 4.29. The van der Waals surface area contributed by atoms with Crippen molar-refractivity contribution in [3.63, 3.8) is 0 Å². The van der Waals surface area contributed by atoms with E-state index in [4.69, 9.17) is 14.7 Å². The molecule has 1 N–H and O–H groups in total. The monoisotopic (exact) mass is 585 g/mol. The molecule has 0 bridgehead atoms. The number of nitrogens with one attached hydrogen (secondary N) is 1. The number of aryl methyl sites for hydroxylation is 1. The maximum Gasteiger partial charge on any atom is 0.350 e. The molecule has 5 rings (SSSR count). The largest absolute Gasteiger partial charge is 0.462 e. The highest BCUT2D eigenvalue weighted by molar-refractivity contribution is 7.17. The molecule has 0 spiro atoms. The van der Waals surface area contributed by atoms with Crippen LogP contribution >= 0.6 is 11.3 Å². The summed E-state index contributed by atoms with van der Waals surface area (Å²) in [5.41, 5.74) is 0.623. The van der Waals surface area contributed by atoms with Gasteiger partial charge in [0, 0.05) is 64.5 Å². The molecule has 0 aromatic carbocycles. The fourth-order valence-corrected chi connectivity index (χ4v) is 6.59. The number of piperazine rings is 1. The lowest BCUT2D eigenvalue weighted by molar-refractivity contribution is -0.131. The first-order chi connectivity index (χ1) is 19.8. The van der Waals surface area contributed by atoms with Crippen LogP contribution < -0.4 is 15.1 Å². The molecule has 5 heterocycles. The van der Waals surface area contributed by atoms with E-state index in [-0.39, 0.29) is 11.9 Å². The molecule has 1 amide bonds. The van der Waals surface area contributed by atoms with Gasteiger partial charge in [0.1, 0.15) is 16.5 Å². The Hall–Kier alpha value is -3.03. The SMILES string of the molecule is CCOC(=O)c1sc(Nc2nc(N3CCC(N(C)C)CC3)cc(N3CCN(CC(=O)N4CCCC4)CC3)n2)nc1C. The Balaban J connectivity index is 1.31. The average Bonchev–Trinajstić information content (AvgIpc) is 3.64. The first-order valence-corrected chi connectivity index (χ1v) is 15.6. The van der Waals surface area contributed by atoms with Gasteiger partial charge in [-0.3, -0.25) is 15.0 Å². The van der Waals surface area contributed by atoms with E-state index in [1.807, 2.05) is 4.90 Å². The smallest absolute Gasteiger partial charge is 0.350 e. The third-order valence-electron chi connectivity index (χ3n) is 8.21. The van der Waals surface area contributed by atoms with Gasteiger partial charge in [0.25, 0.3) is 0 Å². The number of esters is 1. The maximum absolute atomic E-state index is 12.7. The van der Waals surface area contributed by atoms with Gasteiger partial charge in [-0.2, -0.15) is 9.97 Å². The Morgan fingerprint density at radius 3 is 2.22 bits per heavy atom. The Morgan fingerprint density at radius 2 is 1.61 bits per heavy atom. The average molecular weight is 586 g/mol. The third-order valence-corrected chi connectivity index (χ3v) is 9.26. The third kappa shape index (κ3) is 7.25. The topological polar surface area (TPSA) is 110 Å². The second kappa shape index (κ2) is 13.3. The van der Waals surface area contributed by atoms with Crippen LogP contribution in [0.5, 0.6) is 0 Å². The number of carbonyl (C=O) groups is 2. The van der Waals surface area contributed by atoms with Crippen molar-refractivity contribution in [1.29, 1.82) is 0 Å². The lowest BCUT2D eigenvalue weighted by atomic mass is 10.0. The lowest BCUT2D eigenvalue weighted by Crippen LogP contribution is -2.50. The van der Waals surface area contributed by atoms with Crippen molar-refractivity contribution in [3.05, 3.63) is 16.6 Å².